The Labute approximate surface area is 217 Å². The molecule has 0 radical (unpaired) electrons. The number of rotatable bonds is 24. The normalized spacial score (nSPS) is 12.3. The van der Waals surface area contributed by atoms with Crippen LogP contribution in [0.1, 0.15) is 39.5 Å². The first-order valence-corrected chi connectivity index (χ1v) is 15.7. The zero-order valence-electron chi connectivity index (χ0n) is 21.6. The molecule has 210 valence electrons. The molecule has 36 heavy (non-hydrogen) atoms. The summed E-state index contributed by atoms with van der Waals surface area (Å²) in [6.45, 7) is 7.26. The second-order valence-corrected chi connectivity index (χ2v) is 11.6. The predicted molar refractivity (Wildman–Crippen MR) is 139 cm³/mol. The van der Waals surface area contributed by atoms with Crippen LogP contribution in [0.3, 0.4) is 0 Å². The molecular formula is C24H43NO9S2. The van der Waals surface area contributed by atoms with Crippen LogP contribution in [-0.4, -0.2) is 99.1 Å². The zero-order valence-corrected chi connectivity index (χ0v) is 23.3. The van der Waals surface area contributed by atoms with E-state index in [4.69, 9.17) is 22.6 Å². The van der Waals surface area contributed by atoms with Gasteiger partial charge in [-0.2, -0.15) is 16.8 Å². The minimum absolute atomic E-state index is 0.00651. The maximum atomic E-state index is 11.7. The standard InChI is InChI=1S/C24H43NO9S2/c1-3-5-22-35(26,27)33-20-18-30-15-12-25(14-17-32-24-10-8-7-9-11-24)13-16-31-19-21-34-36(28,29)23-6-4-2/h7-11H,3-6,12-23H2,1-2H3. The fourth-order valence-corrected chi connectivity index (χ4v) is 5.10. The van der Waals surface area contributed by atoms with Gasteiger partial charge in [0.25, 0.3) is 20.2 Å². The fourth-order valence-electron chi connectivity index (χ4n) is 2.94. The Morgan fingerprint density at radius 1 is 0.639 bits per heavy atom. The lowest BCUT2D eigenvalue weighted by Crippen LogP contribution is -2.35. The van der Waals surface area contributed by atoms with Gasteiger partial charge < -0.3 is 14.2 Å². The van der Waals surface area contributed by atoms with E-state index in [1.165, 1.54) is 0 Å². The summed E-state index contributed by atoms with van der Waals surface area (Å²) in [5.41, 5.74) is 0. The largest absolute Gasteiger partial charge is 0.492 e. The monoisotopic (exact) mass is 553 g/mol. The molecule has 1 rings (SSSR count). The van der Waals surface area contributed by atoms with Crippen molar-refractivity contribution >= 4 is 20.2 Å². The van der Waals surface area contributed by atoms with Gasteiger partial charge in [0.2, 0.25) is 0 Å². The summed E-state index contributed by atoms with van der Waals surface area (Å²) in [5.74, 6) is 0.829. The lowest BCUT2D eigenvalue weighted by molar-refractivity contribution is 0.0527. The third-order valence-electron chi connectivity index (χ3n) is 5.00. The number of nitrogens with zero attached hydrogens (tertiary/aromatic N) is 1. The van der Waals surface area contributed by atoms with Crippen molar-refractivity contribution in [3.8, 4) is 5.75 Å². The second kappa shape index (κ2) is 19.8. The summed E-state index contributed by atoms with van der Waals surface area (Å²) in [7, 11) is -6.98. The average molecular weight is 554 g/mol. The summed E-state index contributed by atoms with van der Waals surface area (Å²) in [4.78, 5) is 2.10. The number of para-hydroxylation sites is 1. The molecule has 0 heterocycles. The van der Waals surface area contributed by atoms with Crippen LogP contribution in [-0.2, 0) is 38.1 Å². The van der Waals surface area contributed by atoms with Crippen molar-refractivity contribution in [1.82, 2.24) is 4.90 Å². The Morgan fingerprint density at radius 3 is 1.58 bits per heavy atom. The van der Waals surface area contributed by atoms with Gasteiger partial charge >= 0.3 is 0 Å². The van der Waals surface area contributed by atoms with Gasteiger partial charge in [0.1, 0.15) is 12.4 Å². The lowest BCUT2D eigenvalue weighted by Gasteiger charge is -2.22. The van der Waals surface area contributed by atoms with E-state index in [9.17, 15) is 16.8 Å². The highest BCUT2D eigenvalue weighted by Crippen LogP contribution is 2.08. The highest BCUT2D eigenvalue weighted by molar-refractivity contribution is 7.86. The van der Waals surface area contributed by atoms with E-state index >= 15 is 0 Å². The van der Waals surface area contributed by atoms with Crippen LogP contribution in [0.4, 0.5) is 0 Å². The number of ether oxygens (including phenoxy) is 3. The minimum atomic E-state index is -3.49. The van der Waals surface area contributed by atoms with E-state index in [0.29, 0.717) is 52.3 Å². The molecule has 1 aromatic rings. The molecule has 0 aliphatic heterocycles. The highest BCUT2D eigenvalue weighted by Gasteiger charge is 2.11. The third-order valence-corrected chi connectivity index (χ3v) is 7.63. The quantitative estimate of drug-likeness (QED) is 0.140. The molecule has 0 saturated carbocycles. The molecular weight excluding hydrogens is 510 g/mol. The average Bonchev–Trinajstić information content (AvgIpc) is 2.86. The van der Waals surface area contributed by atoms with Crippen molar-refractivity contribution in [1.29, 1.82) is 0 Å². The Bertz CT molecular complexity index is 815. The molecule has 0 fully saturated rings. The molecule has 0 saturated heterocycles. The Balaban J connectivity index is 2.32. The molecule has 0 aromatic heterocycles. The first kappa shape index (κ1) is 32.7. The number of unbranched alkanes of at least 4 members (excludes halogenated alkanes) is 2. The molecule has 0 N–H and O–H groups in total. The maximum Gasteiger partial charge on any atom is 0.267 e. The Morgan fingerprint density at radius 2 is 1.11 bits per heavy atom. The molecule has 0 atom stereocenters. The molecule has 0 amide bonds. The van der Waals surface area contributed by atoms with Crippen LogP contribution in [0.15, 0.2) is 30.3 Å². The van der Waals surface area contributed by atoms with Crippen molar-refractivity contribution in [2.24, 2.45) is 0 Å². The number of benzene rings is 1. The van der Waals surface area contributed by atoms with E-state index in [2.05, 4.69) is 4.90 Å². The predicted octanol–water partition coefficient (Wildman–Crippen LogP) is 2.69. The molecule has 0 aliphatic rings. The first-order chi connectivity index (χ1) is 17.3. The Kier molecular flexibility index (Phi) is 18.0. The van der Waals surface area contributed by atoms with Crippen LogP contribution < -0.4 is 4.74 Å². The van der Waals surface area contributed by atoms with Gasteiger partial charge in [-0.15, -0.1) is 0 Å². The molecule has 0 bridgehead atoms. The van der Waals surface area contributed by atoms with Crippen molar-refractivity contribution in [3.63, 3.8) is 0 Å². The molecule has 12 heteroatoms. The van der Waals surface area contributed by atoms with Gasteiger partial charge in [-0.1, -0.05) is 44.9 Å². The summed E-state index contributed by atoms with van der Waals surface area (Å²) in [6, 6.07) is 9.51. The molecule has 0 unspecified atom stereocenters. The summed E-state index contributed by atoms with van der Waals surface area (Å²) in [6.07, 6.45) is 2.73. The van der Waals surface area contributed by atoms with E-state index in [0.717, 1.165) is 18.6 Å². The first-order valence-electron chi connectivity index (χ1n) is 12.6. The van der Waals surface area contributed by atoms with Crippen molar-refractivity contribution in [2.45, 2.75) is 39.5 Å². The van der Waals surface area contributed by atoms with Gasteiger partial charge in [-0.05, 0) is 25.0 Å². The topological polar surface area (TPSA) is 118 Å². The van der Waals surface area contributed by atoms with Crippen molar-refractivity contribution in [2.75, 3.05) is 77.4 Å². The number of hydrogen-bond acceptors (Lipinski definition) is 10. The summed E-state index contributed by atoms with van der Waals surface area (Å²) < 4.78 is 73.6. The van der Waals surface area contributed by atoms with Crippen molar-refractivity contribution < 1.29 is 39.4 Å². The van der Waals surface area contributed by atoms with Crippen LogP contribution in [0.25, 0.3) is 0 Å². The molecule has 1 aromatic carbocycles. The van der Waals surface area contributed by atoms with Crippen LogP contribution in [0, 0.1) is 0 Å². The lowest BCUT2D eigenvalue weighted by atomic mass is 10.3. The van der Waals surface area contributed by atoms with Gasteiger partial charge in [0, 0.05) is 19.6 Å². The van der Waals surface area contributed by atoms with Crippen LogP contribution in [0.2, 0.25) is 0 Å². The van der Waals surface area contributed by atoms with Crippen LogP contribution >= 0.6 is 0 Å². The van der Waals surface area contributed by atoms with E-state index < -0.39 is 20.2 Å². The third kappa shape index (κ3) is 18.0. The SMILES string of the molecule is CCCCS(=O)(=O)OCCOCCN(CCOCCOS(=O)(=O)CCCC)CCOc1ccccc1. The van der Waals surface area contributed by atoms with Gasteiger partial charge in [-0.25, -0.2) is 0 Å². The fraction of sp³-hybridized carbons (Fsp3) is 0.750. The van der Waals surface area contributed by atoms with E-state index in [1.54, 1.807) is 0 Å². The number of hydrogen-bond donors (Lipinski definition) is 0. The minimum Gasteiger partial charge on any atom is -0.492 e. The van der Waals surface area contributed by atoms with Gasteiger partial charge in [0.15, 0.2) is 0 Å². The molecule has 0 aliphatic carbocycles. The zero-order chi connectivity index (χ0) is 26.5. The highest BCUT2D eigenvalue weighted by atomic mass is 32.2. The Hall–Kier alpha value is -1.28. The smallest absolute Gasteiger partial charge is 0.267 e. The molecule has 10 nitrogen and oxygen atoms in total. The van der Waals surface area contributed by atoms with E-state index in [1.807, 2.05) is 44.2 Å². The molecule has 0 spiro atoms. The van der Waals surface area contributed by atoms with Crippen molar-refractivity contribution in [3.05, 3.63) is 30.3 Å². The van der Waals surface area contributed by atoms with Gasteiger partial charge in [-0.3, -0.25) is 13.3 Å². The van der Waals surface area contributed by atoms with E-state index in [-0.39, 0.29) is 37.9 Å². The summed E-state index contributed by atoms with van der Waals surface area (Å²) in [5, 5.41) is 0. The maximum absolute atomic E-state index is 11.7. The van der Waals surface area contributed by atoms with Crippen LogP contribution in [0.5, 0.6) is 5.75 Å². The summed E-state index contributed by atoms with van der Waals surface area (Å²) >= 11 is 0. The second-order valence-electron chi connectivity index (χ2n) is 8.10. The van der Waals surface area contributed by atoms with Gasteiger partial charge in [0.05, 0.1) is 51.1 Å².